The molecule has 0 amide bonds. The second-order valence-corrected chi connectivity index (χ2v) is 3.98. The Morgan fingerprint density at radius 3 is 2.73 bits per heavy atom. The molecule has 1 aliphatic heterocycles. The van der Waals surface area contributed by atoms with E-state index in [0.29, 0.717) is 6.04 Å². The van der Waals surface area contributed by atoms with Crippen molar-refractivity contribution in [3.8, 4) is 5.75 Å². The van der Waals surface area contributed by atoms with Gasteiger partial charge in [0.2, 0.25) is 0 Å². The molecule has 0 saturated carbocycles. The standard InChI is InChI=1S/C12H16FNO/c1-9(12-3-2-8-14-12)15-11-6-4-10(13)5-7-11/h4-7,9,12,14H,2-3,8H2,1H3. The third-order valence-corrected chi connectivity index (χ3v) is 2.80. The molecule has 0 bridgehead atoms. The molecule has 1 aromatic carbocycles. The van der Waals surface area contributed by atoms with Crippen LogP contribution in [-0.4, -0.2) is 18.7 Å². The van der Waals surface area contributed by atoms with Crippen LogP contribution < -0.4 is 10.1 Å². The molecule has 2 atom stereocenters. The molecule has 1 fully saturated rings. The summed E-state index contributed by atoms with van der Waals surface area (Å²) in [5.41, 5.74) is 0. The summed E-state index contributed by atoms with van der Waals surface area (Å²) in [6.07, 6.45) is 2.50. The predicted molar refractivity (Wildman–Crippen MR) is 57.5 cm³/mol. The predicted octanol–water partition coefficient (Wildman–Crippen LogP) is 2.34. The molecule has 0 radical (unpaired) electrons. The SMILES string of the molecule is CC(Oc1ccc(F)cc1)C1CCCN1. The molecular formula is C12H16FNO. The molecule has 15 heavy (non-hydrogen) atoms. The molecule has 2 nitrogen and oxygen atoms in total. The lowest BCUT2D eigenvalue weighted by atomic mass is 10.1. The van der Waals surface area contributed by atoms with E-state index in [-0.39, 0.29) is 11.9 Å². The van der Waals surface area contributed by atoms with Gasteiger partial charge in [0.25, 0.3) is 0 Å². The molecule has 1 aliphatic rings. The molecule has 1 aromatic rings. The van der Waals surface area contributed by atoms with Crippen LogP contribution in [0.25, 0.3) is 0 Å². The van der Waals surface area contributed by atoms with Crippen LogP contribution in [0.2, 0.25) is 0 Å². The van der Waals surface area contributed by atoms with E-state index in [1.54, 1.807) is 12.1 Å². The van der Waals surface area contributed by atoms with Gasteiger partial charge in [-0.05, 0) is 50.6 Å². The largest absolute Gasteiger partial charge is 0.489 e. The Bertz CT molecular complexity index is 306. The maximum atomic E-state index is 12.7. The van der Waals surface area contributed by atoms with Crippen molar-refractivity contribution < 1.29 is 9.13 Å². The fourth-order valence-corrected chi connectivity index (χ4v) is 1.92. The van der Waals surface area contributed by atoms with Crippen LogP contribution in [0.15, 0.2) is 24.3 Å². The highest BCUT2D eigenvalue weighted by Gasteiger charge is 2.21. The van der Waals surface area contributed by atoms with E-state index in [2.05, 4.69) is 5.32 Å². The van der Waals surface area contributed by atoms with E-state index in [9.17, 15) is 4.39 Å². The van der Waals surface area contributed by atoms with Crippen LogP contribution in [0.1, 0.15) is 19.8 Å². The molecule has 0 aromatic heterocycles. The van der Waals surface area contributed by atoms with E-state index >= 15 is 0 Å². The summed E-state index contributed by atoms with van der Waals surface area (Å²) >= 11 is 0. The fourth-order valence-electron chi connectivity index (χ4n) is 1.92. The highest BCUT2D eigenvalue weighted by Crippen LogP contribution is 2.17. The van der Waals surface area contributed by atoms with Gasteiger partial charge in [-0.2, -0.15) is 0 Å². The molecule has 0 spiro atoms. The van der Waals surface area contributed by atoms with Crippen LogP contribution in [0.4, 0.5) is 4.39 Å². The van der Waals surface area contributed by atoms with Gasteiger partial charge in [-0.15, -0.1) is 0 Å². The second-order valence-electron chi connectivity index (χ2n) is 3.98. The molecule has 2 rings (SSSR count). The van der Waals surface area contributed by atoms with E-state index in [0.717, 1.165) is 18.7 Å². The van der Waals surface area contributed by atoms with E-state index in [4.69, 9.17) is 4.74 Å². The summed E-state index contributed by atoms with van der Waals surface area (Å²) in [5.74, 6) is 0.506. The summed E-state index contributed by atoms with van der Waals surface area (Å²) in [5, 5.41) is 3.39. The van der Waals surface area contributed by atoms with Crippen LogP contribution in [0.5, 0.6) is 5.75 Å². The van der Waals surface area contributed by atoms with Gasteiger partial charge in [0.1, 0.15) is 17.7 Å². The highest BCUT2D eigenvalue weighted by molar-refractivity contribution is 5.22. The van der Waals surface area contributed by atoms with Crippen molar-refractivity contribution in [3.05, 3.63) is 30.1 Å². The van der Waals surface area contributed by atoms with Crippen molar-refractivity contribution in [2.75, 3.05) is 6.54 Å². The van der Waals surface area contributed by atoms with Gasteiger partial charge >= 0.3 is 0 Å². The second kappa shape index (κ2) is 4.62. The van der Waals surface area contributed by atoms with E-state index < -0.39 is 0 Å². The number of nitrogens with one attached hydrogen (secondary N) is 1. The van der Waals surface area contributed by atoms with Gasteiger partial charge in [-0.1, -0.05) is 0 Å². The van der Waals surface area contributed by atoms with Crippen LogP contribution in [0, 0.1) is 5.82 Å². The van der Waals surface area contributed by atoms with Crippen molar-refractivity contribution in [1.29, 1.82) is 0 Å². The topological polar surface area (TPSA) is 21.3 Å². The minimum atomic E-state index is -0.228. The molecule has 1 heterocycles. The average Bonchev–Trinajstić information content (AvgIpc) is 2.74. The van der Waals surface area contributed by atoms with Gasteiger partial charge in [0.05, 0.1) is 0 Å². The van der Waals surface area contributed by atoms with Crippen LogP contribution >= 0.6 is 0 Å². The lowest BCUT2D eigenvalue weighted by Gasteiger charge is -2.21. The molecule has 82 valence electrons. The number of benzene rings is 1. The van der Waals surface area contributed by atoms with Crippen molar-refractivity contribution in [2.24, 2.45) is 0 Å². The zero-order valence-electron chi connectivity index (χ0n) is 8.87. The summed E-state index contributed by atoms with van der Waals surface area (Å²) in [7, 11) is 0. The van der Waals surface area contributed by atoms with Crippen LogP contribution in [0.3, 0.4) is 0 Å². The first kappa shape index (κ1) is 10.4. The first-order chi connectivity index (χ1) is 7.25. The maximum Gasteiger partial charge on any atom is 0.123 e. The van der Waals surface area contributed by atoms with Crippen molar-refractivity contribution >= 4 is 0 Å². The molecular weight excluding hydrogens is 193 g/mol. The first-order valence-electron chi connectivity index (χ1n) is 5.41. The Labute approximate surface area is 89.4 Å². The zero-order valence-corrected chi connectivity index (χ0v) is 8.87. The maximum absolute atomic E-state index is 12.7. The Morgan fingerprint density at radius 1 is 1.40 bits per heavy atom. The van der Waals surface area contributed by atoms with Gasteiger partial charge in [0, 0.05) is 6.04 Å². The van der Waals surface area contributed by atoms with E-state index in [1.165, 1.54) is 18.6 Å². The zero-order chi connectivity index (χ0) is 10.7. The fraction of sp³-hybridized carbons (Fsp3) is 0.500. The Morgan fingerprint density at radius 2 is 2.13 bits per heavy atom. The van der Waals surface area contributed by atoms with Crippen molar-refractivity contribution in [2.45, 2.75) is 31.9 Å². The lowest BCUT2D eigenvalue weighted by Crippen LogP contribution is -2.36. The number of rotatable bonds is 3. The van der Waals surface area contributed by atoms with Crippen molar-refractivity contribution in [3.63, 3.8) is 0 Å². The molecule has 1 N–H and O–H groups in total. The minimum Gasteiger partial charge on any atom is -0.489 e. The Hall–Kier alpha value is -1.09. The van der Waals surface area contributed by atoms with Gasteiger partial charge in [-0.25, -0.2) is 4.39 Å². The average molecular weight is 209 g/mol. The van der Waals surface area contributed by atoms with Crippen LogP contribution in [-0.2, 0) is 0 Å². The lowest BCUT2D eigenvalue weighted by molar-refractivity contribution is 0.179. The molecule has 0 aliphatic carbocycles. The Balaban J connectivity index is 1.92. The van der Waals surface area contributed by atoms with Gasteiger partial charge in [-0.3, -0.25) is 0 Å². The number of hydrogen-bond donors (Lipinski definition) is 1. The third kappa shape index (κ3) is 2.69. The quantitative estimate of drug-likeness (QED) is 0.825. The Kier molecular flexibility index (Phi) is 3.21. The summed E-state index contributed by atoms with van der Waals surface area (Å²) in [4.78, 5) is 0. The smallest absolute Gasteiger partial charge is 0.123 e. The number of halogens is 1. The summed E-state index contributed by atoms with van der Waals surface area (Å²) in [6, 6.07) is 6.60. The van der Waals surface area contributed by atoms with Crippen molar-refractivity contribution in [1.82, 2.24) is 5.32 Å². The normalized spacial score (nSPS) is 22.7. The van der Waals surface area contributed by atoms with E-state index in [1.807, 2.05) is 6.92 Å². The summed E-state index contributed by atoms with van der Waals surface area (Å²) in [6.45, 7) is 3.12. The summed E-state index contributed by atoms with van der Waals surface area (Å²) < 4.78 is 18.4. The highest BCUT2D eigenvalue weighted by atomic mass is 19.1. The molecule has 1 saturated heterocycles. The minimum absolute atomic E-state index is 0.137. The third-order valence-electron chi connectivity index (χ3n) is 2.80. The number of hydrogen-bond acceptors (Lipinski definition) is 2. The van der Waals surface area contributed by atoms with Gasteiger partial charge < -0.3 is 10.1 Å². The first-order valence-corrected chi connectivity index (χ1v) is 5.41. The monoisotopic (exact) mass is 209 g/mol. The number of ether oxygens (including phenoxy) is 1. The molecule has 3 heteroatoms. The molecule has 2 unspecified atom stereocenters. The van der Waals surface area contributed by atoms with Gasteiger partial charge in [0.15, 0.2) is 0 Å².